The monoisotopic (exact) mass is 385 g/mol. The average molecular weight is 385 g/mol. The molecule has 0 unspecified atom stereocenters. The van der Waals surface area contributed by atoms with E-state index in [-0.39, 0.29) is 6.79 Å². The standard InChI is InChI=1S/C21H20FNO5/c22-16-6-2-1-5-15(16)21(9-3-4-10-21)20(25)26-12-19(24)23-14-7-8-17-18(11-14)28-13-27-17/h1-2,5-8,11H,3-4,9-10,12-13H2,(H,23,24). The Hall–Kier alpha value is -3.09. The van der Waals surface area contributed by atoms with Crippen LogP contribution >= 0.6 is 0 Å². The summed E-state index contributed by atoms with van der Waals surface area (Å²) >= 11 is 0. The molecule has 2 aromatic rings. The molecule has 4 rings (SSSR count). The summed E-state index contributed by atoms with van der Waals surface area (Å²) in [6.07, 6.45) is 2.65. The summed E-state index contributed by atoms with van der Waals surface area (Å²) in [5.74, 6) is -0.312. The number of fused-ring (bicyclic) bond motifs is 1. The summed E-state index contributed by atoms with van der Waals surface area (Å²) in [6.45, 7) is -0.300. The third-order valence-corrected chi connectivity index (χ3v) is 5.23. The molecule has 0 atom stereocenters. The molecule has 0 bridgehead atoms. The van der Waals surface area contributed by atoms with Crippen molar-refractivity contribution in [3.8, 4) is 11.5 Å². The quantitative estimate of drug-likeness (QED) is 0.797. The van der Waals surface area contributed by atoms with E-state index < -0.39 is 29.7 Å². The van der Waals surface area contributed by atoms with E-state index in [0.717, 1.165) is 12.8 Å². The van der Waals surface area contributed by atoms with Crippen molar-refractivity contribution in [2.24, 2.45) is 0 Å². The summed E-state index contributed by atoms with van der Waals surface area (Å²) in [7, 11) is 0. The van der Waals surface area contributed by atoms with Crippen LogP contribution in [0.1, 0.15) is 31.2 Å². The number of amides is 1. The molecule has 0 saturated heterocycles. The second kappa shape index (κ2) is 7.50. The van der Waals surface area contributed by atoms with Crippen molar-refractivity contribution < 1.29 is 28.2 Å². The number of benzene rings is 2. The highest BCUT2D eigenvalue weighted by Crippen LogP contribution is 2.43. The van der Waals surface area contributed by atoms with Crippen molar-refractivity contribution in [2.45, 2.75) is 31.1 Å². The lowest BCUT2D eigenvalue weighted by molar-refractivity contribution is -0.153. The lowest BCUT2D eigenvalue weighted by Crippen LogP contribution is -2.37. The Morgan fingerprint density at radius 2 is 1.82 bits per heavy atom. The van der Waals surface area contributed by atoms with Crippen LogP contribution in [0.25, 0.3) is 0 Å². The summed E-state index contributed by atoms with van der Waals surface area (Å²) in [5.41, 5.74) is -0.173. The molecule has 0 aromatic heterocycles. The normalized spacial score (nSPS) is 16.6. The maximum absolute atomic E-state index is 14.3. The molecule has 0 spiro atoms. The van der Waals surface area contributed by atoms with Gasteiger partial charge in [0.1, 0.15) is 5.82 Å². The molecule has 7 heteroatoms. The molecule has 0 radical (unpaired) electrons. The fourth-order valence-electron chi connectivity index (χ4n) is 3.85. The lowest BCUT2D eigenvalue weighted by atomic mass is 9.78. The van der Waals surface area contributed by atoms with Crippen molar-refractivity contribution in [3.63, 3.8) is 0 Å². The fourth-order valence-corrected chi connectivity index (χ4v) is 3.85. The molecule has 1 fully saturated rings. The van der Waals surface area contributed by atoms with E-state index in [2.05, 4.69) is 5.32 Å². The molecule has 1 N–H and O–H groups in total. The number of esters is 1. The second-order valence-electron chi connectivity index (χ2n) is 6.96. The van der Waals surface area contributed by atoms with Crippen LogP contribution in [0, 0.1) is 5.82 Å². The third-order valence-electron chi connectivity index (χ3n) is 5.23. The Morgan fingerprint density at radius 1 is 1.07 bits per heavy atom. The Morgan fingerprint density at radius 3 is 2.61 bits per heavy atom. The molecule has 146 valence electrons. The number of rotatable bonds is 5. The third kappa shape index (κ3) is 3.40. The summed E-state index contributed by atoms with van der Waals surface area (Å²) in [4.78, 5) is 25.0. The van der Waals surface area contributed by atoms with Gasteiger partial charge < -0.3 is 19.5 Å². The predicted molar refractivity (Wildman–Crippen MR) is 98.7 cm³/mol. The average Bonchev–Trinajstić information content (AvgIpc) is 3.36. The first-order chi connectivity index (χ1) is 13.6. The maximum Gasteiger partial charge on any atom is 0.317 e. The zero-order valence-electron chi connectivity index (χ0n) is 15.2. The van der Waals surface area contributed by atoms with Gasteiger partial charge >= 0.3 is 5.97 Å². The molecular weight excluding hydrogens is 365 g/mol. The number of ether oxygens (including phenoxy) is 3. The molecule has 1 aliphatic carbocycles. The van der Waals surface area contributed by atoms with E-state index in [4.69, 9.17) is 14.2 Å². The van der Waals surface area contributed by atoms with Crippen molar-refractivity contribution in [1.82, 2.24) is 0 Å². The van der Waals surface area contributed by atoms with Gasteiger partial charge in [0, 0.05) is 17.3 Å². The van der Waals surface area contributed by atoms with E-state index in [1.807, 2.05) is 0 Å². The summed E-state index contributed by atoms with van der Waals surface area (Å²) < 4.78 is 30.1. The number of halogens is 1. The van der Waals surface area contributed by atoms with Crippen molar-refractivity contribution in [3.05, 3.63) is 53.8 Å². The van der Waals surface area contributed by atoms with E-state index in [1.165, 1.54) is 6.07 Å². The Labute approximate surface area is 161 Å². The van der Waals surface area contributed by atoms with Crippen LogP contribution in [0.4, 0.5) is 10.1 Å². The van der Waals surface area contributed by atoms with Gasteiger partial charge in [-0.25, -0.2) is 4.39 Å². The predicted octanol–water partition coefficient (Wildman–Crippen LogP) is 3.55. The highest BCUT2D eigenvalue weighted by molar-refractivity contribution is 5.94. The number of nitrogens with one attached hydrogen (secondary N) is 1. The van der Waals surface area contributed by atoms with Crippen LogP contribution in [-0.4, -0.2) is 25.3 Å². The summed E-state index contributed by atoms with van der Waals surface area (Å²) in [5, 5.41) is 2.66. The number of hydrogen-bond donors (Lipinski definition) is 1. The topological polar surface area (TPSA) is 73.9 Å². The first kappa shape index (κ1) is 18.3. The molecule has 6 nitrogen and oxygen atoms in total. The maximum atomic E-state index is 14.3. The minimum Gasteiger partial charge on any atom is -0.455 e. The zero-order valence-corrected chi connectivity index (χ0v) is 15.2. The molecule has 2 aromatic carbocycles. The zero-order chi connectivity index (χ0) is 19.6. The van der Waals surface area contributed by atoms with Gasteiger partial charge in [0.05, 0.1) is 5.41 Å². The lowest BCUT2D eigenvalue weighted by Gasteiger charge is -2.27. The molecule has 1 amide bonds. The molecule has 28 heavy (non-hydrogen) atoms. The number of hydrogen-bond acceptors (Lipinski definition) is 5. The Kier molecular flexibility index (Phi) is 4.90. The molecule has 1 aliphatic heterocycles. The highest BCUT2D eigenvalue weighted by Gasteiger charge is 2.45. The first-order valence-electron chi connectivity index (χ1n) is 9.20. The van der Waals surface area contributed by atoms with Gasteiger partial charge in [-0.2, -0.15) is 0 Å². The van der Waals surface area contributed by atoms with Crippen molar-refractivity contribution in [1.29, 1.82) is 0 Å². The van der Waals surface area contributed by atoms with Gasteiger partial charge in [-0.1, -0.05) is 31.0 Å². The van der Waals surface area contributed by atoms with Crippen molar-refractivity contribution >= 4 is 17.6 Å². The molecule has 2 aliphatic rings. The van der Waals surface area contributed by atoms with Crippen LogP contribution in [0.5, 0.6) is 11.5 Å². The van der Waals surface area contributed by atoms with Crippen LogP contribution in [0.15, 0.2) is 42.5 Å². The number of anilines is 1. The highest BCUT2D eigenvalue weighted by atomic mass is 19.1. The van der Waals surface area contributed by atoms with Gasteiger partial charge in [0.15, 0.2) is 18.1 Å². The Balaban J connectivity index is 1.41. The van der Waals surface area contributed by atoms with Crippen LogP contribution in [0.3, 0.4) is 0 Å². The van der Waals surface area contributed by atoms with Gasteiger partial charge in [-0.15, -0.1) is 0 Å². The number of carbonyl (C=O) groups excluding carboxylic acids is 2. The van der Waals surface area contributed by atoms with Crippen LogP contribution in [-0.2, 0) is 19.7 Å². The van der Waals surface area contributed by atoms with E-state index in [0.29, 0.717) is 35.6 Å². The van der Waals surface area contributed by atoms with Gasteiger partial charge in [-0.3, -0.25) is 9.59 Å². The van der Waals surface area contributed by atoms with E-state index >= 15 is 0 Å². The van der Waals surface area contributed by atoms with Crippen molar-refractivity contribution in [2.75, 3.05) is 18.7 Å². The largest absolute Gasteiger partial charge is 0.455 e. The first-order valence-corrected chi connectivity index (χ1v) is 9.20. The SMILES string of the molecule is O=C(COC(=O)C1(c2ccccc2F)CCCC1)Nc1ccc2c(c1)OCO2. The summed E-state index contributed by atoms with van der Waals surface area (Å²) in [6, 6.07) is 11.3. The van der Waals surface area contributed by atoms with Gasteiger partial charge in [-0.05, 0) is 31.0 Å². The second-order valence-corrected chi connectivity index (χ2v) is 6.96. The van der Waals surface area contributed by atoms with E-state index in [1.54, 1.807) is 36.4 Å². The fraction of sp³-hybridized carbons (Fsp3) is 0.333. The molecule has 1 heterocycles. The smallest absolute Gasteiger partial charge is 0.317 e. The van der Waals surface area contributed by atoms with Gasteiger partial charge in [0.25, 0.3) is 5.91 Å². The minimum atomic E-state index is -1.02. The van der Waals surface area contributed by atoms with E-state index in [9.17, 15) is 14.0 Å². The molecular formula is C21H20FNO5. The number of carbonyl (C=O) groups is 2. The minimum absolute atomic E-state index is 0.141. The Bertz CT molecular complexity index is 907. The van der Waals surface area contributed by atoms with Crippen LogP contribution < -0.4 is 14.8 Å². The van der Waals surface area contributed by atoms with Gasteiger partial charge in [0.2, 0.25) is 6.79 Å². The van der Waals surface area contributed by atoms with Crippen LogP contribution in [0.2, 0.25) is 0 Å². The molecule has 1 saturated carbocycles.